The van der Waals surface area contributed by atoms with Crippen molar-refractivity contribution in [1.82, 2.24) is 30.2 Å². The molecule has 0 spiro atoms. The summed E-state index contributed by atoms with van der Waals surface area (Å²) >= 11 is 1.37. The molecule has 0 radical (unpaired) electrons. The van der Waals surface area contributed by atoms with E-state index in [1.54, 1.807) is 0 Å². The molecule has 2 aromatic heterocycles. The zero-order chi connectivity index (χ0) is 22.1. The van der Waals surface area contributed by atoms with Crippen LogP contribution in [0.4, 0.5) is 0 Å². The van der Waals surface area contributed by atoms with Gasteiger partial charge in [-0.05, 0) is 56.7 Å². The third-order valence-corrected chi connectivity index (χ3v) is 6.31. The van der Waals surface area contributed by atoms with Crippen LogP contribution in [-0.2, 0) is 4.79 Å². The summed E-state index contributed by atoms with van der Waals surface area (Å²) in [6, 6.07) is 5.96. The largest absolute Gasteiger partial charge is 0.343 e. The number of carbonyl (C=O) groups excluding carboxylic acids is 1. The second kappa shape index (κ2) is 8.82. The average Bonchev–Trinajstić information content (AvgIpc) is 3.35. The predicted octanol–water partition coefficient (Wildman–Crippen LogP) is 4.06. The Labute approximate surface area is 186 Å². The third-order valence-electron chi connectivity index (χ3n) is 5.38. The lowest BCUT2D eigenvalue weighted by Gasteiger charge is -2.18. The highest BCUT2D eigenvalue weighted by atomic mass is 32.2. The molecule has 1 aliphatic rings. The van der Waals surface area contributed by atoms with Gasteiger partial charge < -0.3 is 9.84 Å². The van der Waals surface area contributed by atoms with E-state index in [1.807, 2.05) is 25.3 Å². The normalized spacial score (nSPS) is 14.8. The van der Waals surface area contributed by atoms with Crippen molar-refractivity contribution in [2.24, 2.45) is 5.92 Å². The molecule has 0 saturated heterocycles. The fourth-order valence-corrected chi connectivity index (χ4v) is 4.22. The van der Waals surface area contributed by atoms with Crippen LogP contribution in [0.15, 0.2) is 27.9 Å². The molecular formula is C22H28N6O2S. The highest BCUT2D eigenvalue weighted by molar-refractivity contribution is 7.99. The third kappa shape index (κ3) is 4.81. The molecule has 1 amide bonds. The predicted molar refractivity (Wildman–Crippen MR) is 118 cm³/mol. The van der Waals surface area contributed by atoms with E-state index in [-0.39, 0.29) is 23.6 Å². The van der Waals surface area contributed by atoms with Crippen molar-refractivity contribution in [3.63, 3.8) is 0 Å². The van der Waals surface area contributed by atoms with Gasteiger partial charge in [-0.3, -0.25) is 9.36 Å². The number of nitrogens with zero attached hydrogens (tertiary/aromatic N) is 5. The van der Waals surface area contributed by atoms with E-state index in [0.29, 0.717) is 17.0 Å². The minimum Gasteiger partial charge on any atom is -0.343 e. The number of aromatic nitrogens is 5. The Kier molecular flexibility index (Phi) is 6.13. The minimum atomic E-state index is -0.313. The number of thioether (sulfide) groups is 1. The summed E-state index contributed by atoms with van der Waals surface area (Å²) in [5.41, 5.74) is 3.32. The van der Waals surface area contributed by atoms with Gasteiger partial charge in [-0.25, -0.2) is 0 Å². The Morgan fingerprint density at radius 3 is 2.74 bits per heavy atom. The zero-order valence-corrected chi connectivity index (χ0v) is 19.4. The quantitative estimate of drug-likeness (QED) is 0.527. The van der Waals surface area contributed by atoms with Crippen LogP contribution in [0.3, 0.4) is 0 Å². The summed E-state index contributed by atoms with van der Waals surface area (Å²) in [6.45, 7) is 10.1. The van der Waals surface area contributed by atoms with Crippen LogP contribution in [0.25, 0.3) is 5.69 Å². The van der Waals surface area contributed by atoms with Gasteiger partial charge in [-0.1, -0.05) is 42.9 Å². The molecule has 1 aromatic carbocycles. The maximum Gasteiger partial charge on any atom is 0.249 e. The summed E-state index contributed by atoms with van der Waals surface area (Å²) < 4.78 is 7.45. The Morgan fingerprint density at radius 2 is 2.03 bits per heavy atom. The molecule has 0 bridgehead atoms. The zero-order valence-electron chi connectivity index (χ0n) is 18.5. The van der Waals surface area contributed by atoms with E-state index in [0.717, 1.165) is 41.3 Å². The van der Waals surface area contributed by atoms with Crippen molar-refractivity contribution in [2.75, 3.05) is 5.75 Å². The maximum atomic E-state index is 12.8. The first-order valence-corrected chi connectivity index (χ1v) is 11.6. The fraction of sp³-hybridized carbons (Fsp3) is 0.500. The lowest BCUT2D eigenvalue weighted by atomic mass is 10.0. The van der Waals surface area contributed by atoms with Crippen molar-refractivity contribution < 1.29 is 9.32 Å². The number of nitrogens with one attached hydrogen (secondary N) is 1. The molecule has 2 heterocycles. The molecular weight excluding hydrogens is 412 g/mol. The van der Waals surface area contributed by atoms with Gasteiger partial charge in [-0.15, -0.1) is 10.2 Å². The molecule has 1 atom stereocenters. The van der Waals surface area contributed by atoms with E-state index in [2.05, 4.69) is 57.7 Å². The molecule has 4 rings (SSSR count). The Morgan fingerprint density at radius 1 is 1.26 bits per heavy atom. The SMILES string of the molecule is Cc1ccc(C)c(-n2c(C)nnc2SCC(=O)NC(c2nc(C3CC3)no2)C(C)C)c1. The first kappa shape index (κ1) is 21.5. The van der Waals surface area contributed by atoms with Crippen LogP contribution >= 0.6 is 11.8 Å². The van der Waals surface area contributed by atoms with Crippen LogP contribution in [0.5, 0.6) is 0 Å². The number of aryl methyl sites for hydroxylation is 3. The van der Waals surface area contributed by atoms with E-state index in [9.17, 15) is 4.79 Å². The lowest BCUT2D eigenvalue weighted by molar-refractivity contribution is -0.119. The molecule has 9 heteroatoms. The van der Waals surface area contributed by atoms with Gasteiger partial charge in [0.25, 0.3) is 0 Å². The van der Waals surface area contributed by atoms with E-state index in [1.165, 1.54) is 11.8 Å². The minimum absolute atomic E-state index is 0.108. The van der Waals surface area contributed by atoms with E-state index in [4.69, 9.17) is 4.52 Å². The molecule has 1 fully saturated rings. The van der Waals surface area contributed by atoms with Crippen LogP contribution in [0.1, 0.15) is 67.3 Å². The van der Waals surface area contributed by atoms with Crippen molar-refractivity contribution in [3.05, 3.63) is 46.9 Å². The fourth-order valence-electron chi connectivity index (χ4n) is 3.41. The van der Waals surface area contributed by atoms with Crippen LogP contribution in [0.2, 0.25) is 0 Å². The molecule has 1 unspecified atom stereocenters. The summed E-state index contributed by atoms with van der Waals surface area (Å²) in [7, 11) is 0. The molecule has 1 N–H and O–H groups in total. The standard InChI is InChI=1S/C22H28N6O2S/c1-12(2)19(21-24-20(27-30-21)16-8-9-16)23-18(29)11-31-22-26-25-15(5)28(22)17-10-13(3)6-7-14(17)4/h6-7,10,12,16,19H,8-9,11H2,1-5H3,(H,23,29). The molecule has 1 aliphatic carbocycles. The Bertz CT molecular complexity index is 1090. The number of benzene rings is 1. The number of rotatable bonds is 8. The summed E-state index contributed by atoms with van der Waals surface area (Å²) in [6.07, 6.45) is 2.21. The number of carbonyl (C=O) groups is 1. The lowest BCUT2D eigenvalue weighted by Crippen LogP contribution is -2.33. The molecule has 0 aliphatic heterocycles. The monoisotopic (exact) mass is 440 g/mol. The van der Waals surface area contributed by atoms with E-state index < -0.39 is 0 Å². The van der Waals surface area contributed by atoms with Crippen molar-refractivity contribution in [3.8, 4) is 5.69 Å². The Balaban J connectivity index is 1.45. The van der Waals surface area contributed by atoms with Crippen LogP contribution in [-0.4, -0.2) is 36.6 Å². The van der Waals surface area contributed by atoms with Crippen LogP contribution < -0.4 is 5.32 Å². The van der Waals surface area contributed by atoms with Crippen molar-refractivity contribution in [2.45, 2.75) is 64.6 Å². The number of hydrogen-bond donors (Lipinski definition) is 1. The number of amides is 1. The number of hydrogen-bond acceptors (Lipinski definition) is 7. The van der Waals surface area contributed by atoms with Gasteiger partial charge in [0.15, 0.2) is 11.0 Å². The highest BCUT2D eigenvalue weighted by Gasteiger charge is 2.31. The second-order valence-corrected chi connectivity index (χ2v) is 9.44. The smallest absolute Gasteiger partial charge is 0.249 e. The van der Waals surface area contributed by atoms with E-state index >= 15 is 0 Å². The second-order valence-electron chi connectivity index (χ2n) is 8.50. The Hall–Kier alpha value is -2.68. The molecule has 8 nitrogen and oxygen atoms in total. The summed E-state index contributed by atoms with van der Waals surface area (Å²) in [5.74, 6) is 2.67. The van der Waals surface area contributed by atoms with Crippen molar-refractivity contribution in [1.29, 1.82) is 0 Å². The van der Waals surface area contributed by atoms with Crippen LogP contribution in [0, 0.1) is 26.7 Å². The topological polar surface area (TPSA) is 98.7 Å². The first-order valence-electron chi connectivity index (χ1n) is 10.6. The molecule has 3 aromatic rings. The molecule has 164 valence electrons. The molecule has 1 saturated carbocycles. The van der Waals surface area contributed by atoms with Gasteiger partial charge in [0, 0.05) is 5.92 Å². The van der Waals surface area contributed by atoms with Gasteiger partial charge in [-0.2, -0.15) is 4.98 Å². The van der Waals surface area contributed by atoms with Gasteiger partial charge in [0.05, 0.1) is 11.4 Å². The van der Waals surface area contributed by atoms with Gasteiger partial charge >= 0.3 is 0 Å². The summed E-state index contributed by atoms with van der Waals surface area (Å²) in [5, 5.41) is 16.3. The van der Waals surface area contributed by atoms with Gasteiger partial charge in [0.1, 0.15) is 11.9 Å². The molecule has 31 heavy (non-hydrogen) atoms. The first-order chi connectivity index (χ1) is 14.8. The van der Waals surface area contributed by atoms with Gasteiger partial charge in [0.2, 0.25) is 11.8 Å². The van der Waals surface area contributed by atoms with Crippen molar-refractivity contribution >= 4 is 17.7 Å². The average molecular weight is 441 g/mol. The highest BCUT2D eigenvalue weighted by Crippen LogP contribution is 2.38. The maximum absolute atomic E-state index is 12.8. The summed E-state index contributed by atoms with van der Waals surface area (Å²) in [4.78, 5) is 17.3.